The van der Waals surface area contributed by atoms with Crippen LogP contribution in [0.5, 0.6) is 0 Å². The van der Waals surface area contributed by atoms with Crippen LogP contribution < -0.4 is 0 Å². The predicted molar refractivity (Wildman–Crippen MR) is 61.1 cm³/mol. The van der Waals surface area contributed by atoms with Crippen molar-refractivity contribution in [2.45, 2.75) is 25.9 Å². The third-order valence-electron chi connectivity index (χ3n) is 2.55. The highest BCUT2D eigenvalue weighted by Crippen LogP contribution is 2.32. The molecule has 1 aliphatic rings. The van der Waals surface area contributed by atoms with E-state index in [1.165, 1.54) is 24.8 Å². The molecular formula is C12H15BrO. The average molecular weight is 255 g/mol. The molecule has 14 heavy (non-hydrogen) atoms. The third-order valence-corrected chi connectivity index (χ3v) is 3.08. The van der Waals surface area contributed by atoms with E-state index in [1.54, 1.807) is 0 Å². The molecule has 0 aliphatic heterocycles. The Labute approximate surface area is 93.6 Å². The molecule has 1 saturated carbocycles. The first-order valence-electron chi connectivity index (χ1n) is 5.17. The van der Waals surface area contributed by atoms with E-state index in [9.17, 15) is 0 Å². The van der Waals surface area contributed by atoms with Gasteiger partial charge < -0.3 is 4.74 Å². The Hall–Kier alpha value is -0.340. The maximum atomic E-state index is 5.60. The second kappa shape index (κ2) is 4.94. The van der Waals surface area contributed by atoms with E-state index in [0.29, 0.717) is 0 Å². The molecule has 0 N–H and O–H groups in total. The van der Waals surface area contributed by atoms with E-state index >= 15 is 0 Å². The van der Waals surface area contributed by atoms with Crippen molar-refractivity contribution in [3.63, 3.8) is 0 Å². The molecule has 0 amide bonds. The summed E-state index contributed by atoms with van der Waals surface area (Å²) in [7, 11) is 0. The Balaban J connectivity index is 1.66. The summed E-state index contributed by atoms with van der Waals surface area (Å²) in [6, 6.07) is 8.31. The quantitative estimate of drug-likeness (QED) is 0.728. The third kappa shape index (κ3) is 3.43. The van der Waals surface area contributed by atoms with Crippen LogP contribution in [0, 0.1) is 5.92 Å². The fourth-order valence-corrected chi connectivity index (χ4v) is 1.69. The van der Waals surface area contributed by atoms with Crippen molar-refractivity contribution < 1.29 is 4.74 Å². The van der Waals surface area contributed by atoms with Gasteiger partial charge in [-0.05, 0) is 30.0 Å². The average Bonchev–Trinajstić information content (AvgIpc) is 2.99. The van der Waals surface area contributed by atoms with Crippen LogP contribution >= 0.6 is 15.9 Å². The second-order valence-corrected chi connectivity index (χ2v) is 4.83. The number of hydrogen-bond donors (Lipinski definition) is 0. The van der Waals surface area contributed by atoms with Crippen LogP contribution in [0.3, 0.4) is 0 Å². The minimum absolute atomic E-state index is 0.750. The van der Waals surface area contributed by atoms with Crippen LogP contribution in [0.4, 0.5) is 0 Å². The summed E-state index contributed by atoms with van der Waals surface area (Å²) in [5.41, 5.74) is 1.25. The van der Waals surface area contributed by atoms with Gasteiger partial charge in [-0.15, -0.1) is 0 Å². The van der Waals surface area contributed by atoms with Crippen LogP contribution in [0.15, 0.2) is 28.7 Å². The van der Waals surface area contributed by atoms with Gasteiger partial charge >= 0.3 is 0 Å². The van der Waals surface area contributed by atoms with Crippen molar-refractivity contribution in [1.82, 2.24) is 0 Å². The number of benzene rings is 1. The summed E-state index contributed by atoms with van der Waals surface area (Å²) in [5.74, 6) is 0.972. The summed E-state index contributed by atoms with van der Waals surface area (Å²) in [6.07, 6.45) is 4.08. The molecule has 1 fully saturated rings. The topological polar surface area (TPSA) is 9.23 Å². The lowest BCUT2D eigenvalue weighted by Gasteiger charge is -2.03. The Morgan fingerprint density at radius 2 is 1.93 bits per heavy atom. The highest BCUT2D eigenvalue weighted by molar-refractivity contribution is 9.10. The van der Waals surface area contributed by atoms with Crippen molar-refractivity contribution in [2.75, 3.05) is 6.61 Å². The zero-order valence-electron chi connectivity index (χ0n) is 8.21. The van der Waals surface area contributed by atoms with Crippen LogP contribution in [-0.4, -0.2) is 6.61 Å². The highest BCUT2D eigenvalue weighted by Gasteiger charge is 2.20. The molecule has 0 bridgehead atoms. The van der Waals surface area contributed by atoms with E-state index in [0.717, 1.165) is 23.6 Å². The van der Waals surface area contributed by atoms with E-state index in [4.69, 9.17) is 4.74 Å². The molecule has 1 aromatic carbocycles. The molecule has 1 aromatic rings. The SMILES string of the molecule is Brc1ccc(COCCC2CC2)cc1. The molecular weight excluding hydrogens is 240 g/mol. The van der Waals surface area contributed by atoms with E-state index in [1.807, 2.05) is 0 Å². The van der Waals surface area contributed by atoms with E-state index < -0.39 is 0 Å². The normalized spacial score (nSPS) is 15.8. The van der Waals surface area contributed by atoms with Crippen LogP contribution in [0.1, 0.15) is 24.8 Å². The number of ether oxygens (including phenoxy) is 1. The second-order valence-electron chi connectivity index (χ2n) is 3.91. The van der Waals surface area contributed by atoms with Crippen molar-refractivity contribution in [3.05, 3.63) is 34.3 Å². The first-order valence-corrected chi connectivity index (χ1v) is 5.96. The first-order chi connectivity index (χ1) is 6.84. The molecule has 0 atom stereocenters. The van der Waals surface area contributed by atoms with Gasteiger partial charge in [-0.25, -0.2) is 0 Å². The molecule has 0 aromatic heterocycles. The fraction of sp³-hybridized carbons (Fsp3) is 0.500. The summed E-state index contributed by atoms with van der Waals surface area (Å²) >= 11 is 3.41. The summed E-state index contributed by atoms with van der Waals surface area (Å²) in [4.78, 5) is 0. The van der Waals surface area contributed by atoms with Gasteiger partial charge in [0, 0.05) is 11.1 Å². The maximum absolute atomic E-state index is 5.60. The van der Waals surface area contributed by atoms with Crippen LogP contribution in [0.2, 0.25) is 0 Å². The molecule has 0 saturated heterocycles. The Morgan fingerprint density at radius 1 is 1.21 bits per heavy atom. The Bertz CT molecular complexity index is 277. The predicted octanol–water partition coefficient (Wildman–Crippen LogP) is 3.77. The summed E-state index contributed by atoms with van der Waals surface area (Å²) in [5, 5.41) is 0. The molecule has 0 spiro atoms. The summed E-state index contributed by atoms with van der Waals surface area (Å²) in [6.45, 7) is 1.67. The molecule has 1 nitrogen and oxygen atoms in total. The van der Waals surface area contributed by atoms with Gasteiger partial charge in [-0.3, -0.25) is 0 Å². The van der Waals surface area contributed by atoms with Gasteiger partial charge in [-0.2, -0.15) is 0 Å². The van der Waals surface area contributed by atoms with Crippen molar-refractivity contribution in [1.29, 1.82) is 0 Å². The summed E-state index contributed by atoms with van der Waals surface area (Å²) < 4.78 is 6.72. The molecule has 2 rings (SSSR count). The van der Waals surface area contributed by atoms with Gasteiger partial charge in [0.25, 0.3) is 0 Å². The van der Waals surface area contributed by atoms with Crippen LogP contribution in [0.25, 0.3) is 0 Å². The minimum Gasteiger partial charge on any atom is -0.377 e. The van der Waals surface area contributed by atoms with Crippen molar-refractivity contribution in [3.8, 4) is 0 Å². The number of hydrogen-bond acceptors (Lipinski definition) is 1. The minimum atomic E-state index is 0.750. The molecule has 2 heteroatoms. The smallest absolute Gasteiger partial charge is 0.0716 e. The van der Waals surface area contributed by atoms with Gasteiger partial charge in [0.05, 0.1) is 6.61 Å². The molecule has 76 valence electrons. The zero-order chi connectivity index (χ0) is 9.80. The Morgan fingerprint density at radius 3 is 2.57 bits per heavy atom. The van der Waals surface area contributed by atoms with Crippen LogP contribution in [-0.2, 0) is 11.3 Å². The molecule has 1 aliphatic carbocycles. The van der Waals surface area contributed by atoms with Crippen molar-refractivity contribution >= 4 is 15.9 Å². The van der Waals surface area contributed by atoms with E-state index in [2.05, 4.69) is 40.2 Å². The van der Waals surface area contributed by atoms with E-state index in [-0.39, 0.29) is 0 Å². The van der Waals surface area contributed by atoms with Gasteiger partial charge in [0.1, 0.15) is 0 Å². The first kappa shape index (κ1) is 10.2. The molecule has 0 radical (unpaired) electrons. The van der Waals surface area contributed by atoms with Crippen molar-refractivity contribution in [2.24, 2.45) is 5.92 Å². The standard InChI is InChI=1S/C12H15BrO/c13-12-5-3-11(4-6-12)9-14-8-7-10-1-2-10/h3-6,10H,1-2,7-9H2. The molecule has 0 unspecified atom stereocenters. The number of rotatable bonds is 5. The lowest BCUT2D eigenvalue weighted by molar-refractivity contribution is 0.115. The van der Waals surface area contributed by atoms with Gasteiger partial charge in [0.2, 0.25) is 0 Å². The lowest BCUT2D eigenvalue weighted by Crippen LogP contribution is -1.96. The fourth-order valence-electron chi connectivity index (χ4n) is 1.43. The largest absolute Gasteiger partial charge is 0.377 e. The lowest BCUT2D eigenvalue weighted by atomic mass is 10.2. The van der Waals surface area contributed by atoms with Gasteiger partial charge in [0.15, 0.2) is 0 Å². The molecule has 0 heterocycles. The maximum Gasteiger partial charge on any atom is 0.0716 e. The monoisotopic (exact) mass is 254 g/mol. The number of halogens is 1. The van der Waals surface area contributed by atoms with Gasteiger partial charge in [-0.1, -0.05) is 40.9 Å². The Kier molecular flexibility index (Phi) is 3.60. The highest BCUT2D eigenvalue weighted by atomic mass is 79.9. The zero-order valence-corrected chi connectivity index (χ0v) is 9.79.